The molecular formula is C13H19N3O5. The molecule has 0 bridgehead atoms. The highest BCUT2D eigenvalue weighted by atomic mass is 16.5. The van der Waals surface area contributed by atoms with E-state index in [2.05, 4.69) is 15.5 Å². The molecule has 21 heavy (non-hydrogen) atoms. The lowest BCUT2D eigenvalue weighted by Gasteiger charge is -2.30. The number of aromatic carboxylic acids is 1. The SMILES string of the molecule is CN1CCOC(CNC(=O)NCc2ccc(C(=O)O)o2)C1. The summed E-state index contributed by atoms with van der Waals surface area (Å²) in [5.41, 5.74) is 0. The number of rotatable bonds is 5. The van der Waals surface area contributed by atoms with Crippen LogP contribution in [-0.2, 0) is 11.3 Å². The average molecular weight is 297 g/mol. The minimum Gasteiger partial charge on any atom is -0.475 e. The molecule has 0 saturated carbocycles. The van der Waals surface area contributed by atoms with Gasteiger partial charge in [0.05, 0.1) is 19.3 Å². The van der Waals surface area contributed by atoms with Crippen LogP contribution in [0.3, 0.4) is 0 Å². The number of urea groups is 1. The first-order valence-electron chi connectivity index (χ1n) is 6.68. The lowest BCUT2D eigenvalue weighted by Crippen LogP contribution is -2.47. The monoisotopic (exact) mass is 297 g/mol. The summed E-state index contributed by atoms with van der Waals surface area (Å²) in [6.45, 7) is 2.89. The molecule has 1 aliphatic rings. The van der Waals surface area contributed by atoms with Crippen molar-refractivity contribution in [2.75, 3.05) is 33.3 Å². The number of hydrogen-bond acceptors (Lipinski definition) is 5. The van der Waals surface area contributed by atoms with Gasteiger partial charge >= 0.3 is 12.0 Å². The second-order valence-corrected chi connectivity index (χ2v) is 4.89. The maximum atomic E-state index is 11.6. The largest absolute Gasteiger partial charge is 0.475 e. The number of hydrogen-bond donors (Lipinski definition) is 3. The number of carboxylic acids is 1. The number of likely N-dealkylation sites (N-methyl/N-ethyl adjacent to an activating group) is 1. The summed E-state index contributed by atoms with van der Waals surface area (Å²) < 4.78 is 10.6. The molecule has 1 aliphatic heterocycles. The van der Waals surface area contributed by atoms with Crippen LogP contribution >= 0.6 is 0 Å². The molecule has 8 heteroatoms. The smallest absolute Gasteiger partial charge is 0.371 e. The number of morpholine rings is 1. The zero-order chi connectivity index (χ0) is 15.2. The van der Waals surface area contributed by atoms with E-state index in [1.807, 2.05) is 7.05 Å². The molecule has 2 amide bonds. The second kappa shape index (κ2) is 7.09. The molecule has 2 heterocycles. The number of amides is 2. The van der Waals surface area contributed by atoms with Crippen LogP contribution in [0.5, 0.6) is 0 Å². The van der Waals surface area contributed by atoms with Gasteiger partial charge in [-0.25, -0.2) is 9.59 Å². The number of carbonyl (C=O) groups is 2. The van der Waals surface area contributed by atoms with E-state index in [0.29, 0.717) is 18.9 Å². The van der Waals surface area contributed by atoms with Crippen LogP contribution in [0.15, 0.2) is 16.5 Å². The number of nitrogens with one attached hydrogen (secondary N) is 2. The Morgan fingerprint density at radius 2 is 2.24 bits per heavy atom. The van der Waals surface area contributed by atoms with E-state index in [1.165, 1.54) is 12.1 Å². The van der Waals surface area contributed by atoms with Gasteiger partial charge in [0, 0.05) is 19.6 Å². The van der Waals surface area contributed by atoms with Crippen LogP contribution < -0.4 is 10.6 Å². The zero-order valence-corrected chi connectivity index (χ0v) is 11.8. The average Bonchev–Trinajstić information content (AvgIpc) is 2.92. The van der Waals surface area contributed by atoms with E-state index in [1.54, 1.807) is 0 Å². The van der Waals surface area contributed by atoms with E-state index in [-0.39, 0.29) is 24.4 Å². The number of ether oxygens (including phenoxy) is 1. The minimum atomic E-state index is -1.13. The quantitative estimate of drug-likeness (QED) is 0.712. The molecule has 1 atom stereocenters. The van der Waals surface area contributed by atoms with Gasteiger partial charge < -0.3 is 29.8 Å². The maximum absolute atomic E-state index is 11.6. The van der Waals surface area contributed by atoms with Gasteiger partial charge in [-0.05, 0) is 19.2 Å². The number of furan rings is 1. The van der Waals surface area contributed by atoms with E-state index < -0.39 is 5.97 Å². The lowest BCUT2D eigenvalue weighted by atomic mass is 10.3. The molecule has 8 nitrogen and oxygen atoms in total. The van der Waals surface area contributed by atoms with Crippen LogP contribution in [0, 0.1) is 0 Å². The molecule has 0 aromatic carbocycles. The molecule has 1 aromatic heterocycles. The normalized spacial score (nSPS) is 19.2. The Morgan fingerprint density at radius 1 is 1.43 bits per heavy atom. The van der Waals surface area contributed by atoms with Crippen molar-refractivity contribution in [1.82, 2.24) is 15.5 Å². The van der Waals surface area contributed by atoms with E-state index in [9.17, 15) is 9.59 Å². The van der Waals surface area contributed by atoms with Gasteiger partial charge in [0.2, 0.25) is 5.76 Å². The summed E-state index contributed by atoms with van der Waals surface area (Å²) >= 11 is 0. The molecule has 1 aromatic rings. The van der Waals surface area contributed by atoms with Gasteiger partial charge in [-0.1, -0.05) is 0 Å². The Labute approximate surface area is 122 Å². The summed E-state index contributed by atoms with van der Waals surface area (Å²) in [5, 5.41) is 14.0. The number of carbonyl (C=O) groups excluding carboxylic acids is 1. The molecule has 3 N–H and O–H groups in total. The molecular weight excluding hydrogens is 278 g/mol. The van der Waals surface area contributed by atoms with E-state index >= 15 is 0 Å². The fourth-order valence-electron chi connectivity index (χ4n) is 2.01. The van der Waals surface area contributed by atoms with Gasteiger partial charge in [-0.2, -0.15) is 0 Å². The van der Waals surface area contributed by atoms with Crippen molar-refractivity contribution in [3.8, 4) is 0 Å². The van der Waals surface area contributed by atoms with Gasteiger partial charge in [-0.15, -0.1) is 0 Å². The fraction of sp³-hybridized carbons (Fsp3) is 0.538. The molecule has 0 aliphatic carbocycles. The lowest BCUT2D eigenvalue weighted by molar-refractivity contribution is -0.0167. The molecule has 1 saturated heterocycles. The first kappa shape index (κ1) is 15.3. The highest BCUT2D eigenvalue weighted by molar-refractivity contribution is 5.84. The Bertz CT molecular complexity index is 502. The van der Waals surface area contributed by atoms with Gasteiger partial charge in [0.15, 0.2) is 0 Å². The molecule has 2 rings (SSSR count). The molecule has 0 radical (unpaired) electrons. The predicted molar refractivity (Wildman–Crippen MR) is 73.1 cm³/mol. The van der Waals surface area contributed by atoms with Crippen LogP contribution in [0.2, 0.25) is 0 Å². The van der Waals surface area contributed by atoms with Crippen molar-refractivity contribution >= 4 is 12.0 Å². The third-order valence-corrected chi connectivity index (χ3v) is 3.13. The molecule has 1 fully saturated rings. The summed E-state index contributed by atoms with van der Waals surface area (Å²) in [7, 11) is 2.01. The van der Waals surface area contributed by atoms with Gasteiger partial charge in [-0.3, -0.25) is 0 Å². The van der Waals surface area contributed by atoms with Crippen molar-refractivity contribution in [3.63, 3.8) is 0 Å². The minimum absolute atomic E-state index is 0.0169. The standard InChI is InChI=1S/C13H19N3O5/c1-16-4-5-20-10(8-16)7-15-13(19)14-6-9-2-3-11(21-9)12(17)18/h2-3,10H,4-8H2,1H3,(H,17,18)(H2,14,15,19). The summed E-state index contributed by atoms with van der Waals surface area (Å²) in [5.74, 6) is -0.897. The van der Waals surface area contributed by atoms with Crippen molar-refractivity contribution in [1.29, 1.82) is 0 Å². The Morgan fingerprint density at radius 3 is 2.90 bits per heavy atom. The summed E-state index contributed by atoms with van der Waals surface area (Å²) in [6, 6.07) is 2.52. The Balaban J connectivity index is 1.68. The Kier molecular flexibility index (Phi) is 5.18. The predicted octanol–water partition coefficient (Wildman–Crippen LogP) is 0.108. The molecule has 1 unspecified atom stereocenters. The van der Waals surface area contributed by atoms with Crippen LogP contribution in [-0.4, -0.2) is 61.4 Å². The van der Waals surface area contributed by atoms with Gasteiger partial charge in [0.1, 0.15) is 5.76 Å². The third kappa shape index (κ3) is 4.76. The topological polar surface area (TPSA) is 104 Å². The number of carboxylic acid groups (broad SMARTS) is 1. The Hall–Kier alpha value is -2.06. The first-order valence-corrected chi connectivity index (χ1v) is 6.68. The number of nitrogens with zero attached hydrogens (tertiary/aromatic N) is 1. The molecule has 116 valence electrons. The highest BCUT2D eigenvalue weighted by Gasteiger charge is 2.18. The van der Waals surface area contributed by atoms with Gasteiger partial charge in [0.25, 0.3) is 0 Å². The summed E-state index contributed by atoms with van der Waals surface area (Å²) in [6.07, 6.45) is -0.0169. The van der Waals surface area contributed by atoms with Crippen LogP contribution in [0.25, 0.3) is 0 Å². The van der Waals surface area contributed by atoms with E-state index in [0.717, 1.165) is 13.1 Å². The summed E-state index contributed by atoms with van der Waals surface area (Å²) in [4.78, 5) is 24.4. The second-order valence-electron chi connectivity index (χ2n) is 4.89. The van der Waals surface area contributed by atoms with Crippen LogP contribution in [0.4, 0.5) is 4.79 Å². The molecule has 0 spiro atoms. The third-order valence-electron chi connectivity index (χ3n) is 3.13. The van der Waals surface area contributed by atoms with Crippen molar-refractivity contribution in [3.05, 3.63) is 23.7 Å². The highest BCUT2D eigenvalue weighted by Crippen LogP contribution is 2.07. The van der Waals surface area contributed by atoms with Crippen molar-refractivity contribution in [2.24, 2.45) is 0 Å². The van der Waals surface area contributed by atoms with Crippen molar-refractivity contribution < 1.29 is 23.8 Å². The first-order chi connectivity index (χ1) is 10.0. The van der Waals surface area contributed by atoms with E-state index in [4.69, 9.17) is 14.3 Å². The zero-order valence-electron chi connectivity index (χ0n) is 11.8. The van der Waals surface area contributed by atoms with Crippen molar-refractivity contribution in [2.45, 2.75) is 12.6 Å². The fourth-order valence-corrected chi connectivity index (χ4v) is 2.01. The van der Waals surface area contributed by atoms with Crippen LogP contribution in [0.1, 0.15) is 16.3 Å². The maximum Gasteiger partial charge on any atom is 0.371 e.